The van der Waals surface area contributed by atoms with Crippen LogP contribution >= 0.6 is 0 Å². The third-order valence-corrected chi connectivity index (χ3v) is 7.93. The van der Waals surface area contributed by atoms with Crippen molar-refractivity contribution in [3.63, 3.8) is 0 Å². The van der Waals surface area contributed by atoms with E-state index in [-0.39, 0.29) is 18.0 Å². The number of carbonyl (C=O) groups is 1. The number of carbonyl (C=O) groups excluding carboxylic acids is 1. The Balaban J connectivity index is 1.22. The van der Waals surface area contributed by atoms with E-state index in [9.17, 15) is 4.79 Å². The molecule has 2 atom stereocenters. The summed E-state index contributed by atoms with van der Waals surface area (Å²) in [5, 5.41) is 5.48. The van der Waals surface area contributed by atoms with E-state index in [1.807, 2.05) is 30.3 Å². The van der Waals surface area contributed by atoms with E-state index in [0.29, 0.717) is 12.0 Å². The van der Waals surface area contributed by atoms with Gasteiger partial charge in [-0.2, -0.15) is 0 Å². The fourth-order valence-corrected chi connectivity index (χ4v) is 6.93. The molecular weight excluding hydrogens is 360 g/mol. The summed E-state index contributed by atoms with van der Waals surface area (Å²) in [5.41, 5.74) is 1.51. The molecule has 29 heavy (non-hydrogen) atoms. The molecule has 4 saturated carbocycles. The monoisotopic (exact) mass is 393 g/mol. The Bertz CT molecular complexity index is 794. The number of hydrogen-bond donors (Lipinski definition) is 2. The van der Waals surface area contributed by atoms with Crippen LogP contribution in [0.2, 0.25) is 0 Å². The molecule has 4 nitrogen and oxygen atoms in total. The molecule has 0 radical (unpaired) electrons. The summed E-state index contributed by atoms with van der Waals surface area (Å²) in [6.45, 7) is 2.67. The van der Waals surface area contributed by atoms with E-state index in [2.05, 4.69) is 29.7 Å². The van der Waals surface area contributed by atoms with Gasteiger partial charge in [0.25, 0.3) is 5.91 Å². The Hall–Kier alpha value is -2.07. The first-order valence-electron chi connectivity index (χ1n) is 11.3. The Kier molecular flexibility index (Phi) is 4.99. The van der Waals surface area contributed by atoms with Crippen LogP contribution in [0.5, 0.6) is 0 Å². The van der Waals surface area contributed by atoms with Gasteiger partial charge in [-0.15, -0.1) is 0 Å². The fraction of sp³-hybridized carbons (Fsp3) is 0.560. The van der Waals surface area contributed by atoms with Crippen LogP contribution < -0.4 is 10.6 Å². The second kappa shape index (κ2) is 7.64. The third kappa shape index (κ3) is 3.75. The minimum atomic E-state index is 0.00630. The second-order valence-corrected chi connectivity index (χ2v) is 9.91. The molecule has 2 aromatic rings. The molecule has 4 bridgehead atoms. The largest absolute Gasteiger partial charge is 0.463 e. The molecule has 0 spiro atoms. The van der Waals surface area contributed by atoms with Crippen LogP contribution in [0.1, 0.15) is 62.8 Å². The van der Waals surface area contributed by atoms with E-state index in [0.717, 1.165) is 29.1 Å². The van der Waals surface area contributed by atoms with Gasteiger partial charge in [0, 0.05) is 11.6 Å². The quantitative estimate of drug-likeness (QED) is 0.754. The molecule has 0 saturated heterocycles. The summed E-state index contributed by atoms with van der Waals surface area (Å²) in [6.07, 6.45) is 9.99. The SMILES string of the molecule is C[C@@H](NC(=O)C[NH2+][C@@H](c1ccccc1)c1ccco1)C12CC3CC(CC(C3)C1)C2. The van der Waals surface area contributed by atoms with Gasteiger partial charge >= 0.3 is 0 Å². The first-order valence-corrected chi connectivity index (χ1v) is 11.3. The van der Waals surface area contributed by atoms with Crippen molar-refractivity contribution in [3.05, 3.63) is 60.1 Å². The summed E-state index contributed by atoms with van der Waals surface area (Å²) < 4.78 is 5.67. The van der Waals surface area contributed by atoms with Crippen LogP contribution in [0, 0.1) is 23.2 Å². The van der Waals surface area contributed by atoms with Crippen molar-refractivity contribution in [2.75, 3.05) is 6.54 Å². The second-order valence-electron chi connectivity index (χ2n) is 9.91. The van der Waals surface area contributed by atoms with Crippen LogP contribution in [0.25, 0.3) is 0 Å². The molecule has 1 aromatic carbocycles. The first-order chi connectivity index (χ1) is 14.1. The van der Waals surface area contributed by atoms with E-state index in [1.54, 1.807) is 6.26 Å². The Morgan fingerprint density at radius 3 is 2.31 bits per heavy atom. The van der Waals surface area contributed by atoms with Crippen LogP contribution in [0.3, 0.4) is 0 Å². The highest BCUT2D eigenvalue weighted by Gasteiger charge is 2.53. The number of rotatable bonds is 7. The molecule has 4 aliphatic rings. The molecular formula is C25H33N2O2+. The minimum absolute atomic E-state index is 0.00630. The molecule has 154 valence electrons. The number of nitrogens with one attached hydrogen (secondary N) is 1. The zero-order chi connectivity index (χ0) is 19.8. The smallest absolute Gasteiger partial charge is 0.275 e. The van der Waals surface area contributed by atoms with Crippen molar-refractivity contribution in [1.29, 1.82) is 0 Å². The Labute approximate surface area is 173 Å². The lowest BCUT2D eigenvalue weighted by atomic mass is 9.48. The summed E-state index contributed by atoms with van der Waals surface area (Å²) in [7, 11) is 0. The van der Waals surface area contributed by atoms with Crippen LogP contribution in [0.15, 0.2) is 53.1 Å². The summed E-state index contributed by atoms with van der Waals surface area (Å²) in [5.74, 6) is 3.76. The van der Waals surface area contributed by atoms with Crippen molar-refractivity contribution in [2.45, 2.75) is 57.5 Å². The maximum atomic E-state index is 12.9. The highest BCUT2D eigenvalue weighted by Crippen LogP contribution is 2.61. The molecule has 1 aromatic heterocycles. The van der Waals surface area contributed by atoms with Crippen LogP contribution in [-0.4, -0.2) is 18.5 Å². The van der Waals surface area contributed by atoms with Gasteiger partial charge in [0.15, 0.2) is 18.3 Å². The van der Waals surface area contributed by atoms with E-state index < -0.39 is 0 Å². The van der Waals surface area contributed by atoms with Crippen molar-refractivity contribution in [3.8, 4) is 0 Å². The molecule has 1 amide bonds. The van der Waals surface area contributed by atoms with Gasteiger partial charge in [-0.25, -0.2) is 0 Å². The average Bonchev–Trinajstić information content (AvgIpc) is 3.22. The molecule has 4 fully saturated rings. The number of benzene rings is 1. The fourth-order valence-electron chi connectivity index (χ4n) is 6.93. The lowest BCUT2D eigenvalue weighted by molar-refractivity contribution is -0.678. The molecule has 0 aliphatic heterocycles. The lowest BCUT2D eigenvalue weighted by Gasteiger charge is -2.59. The maximum Gasteiger partial charge on any atom is 0.275 e. The Morgan fingerprint density at radius 1 is 1.07 bits per heavy atom. The maximum absolute atomic E-state index is 12.9. The Morgan fingerprint density at radius 2 is 1.72 bits per heavy atom. The van der Waals surface area contributed by atoms with Gasteiger partial charge in [0.05, 0.1) is 6.26 Å². The number of quaternary nitrogens is 1. The zero-order valence-electron chi connectivity index (χ0n) is 17.3. The first kappa shape index (κ1) is 18.9. The van der Waals surface area contributed by atoms with Gasteiger partial charge in [0.2, 0.25) is 0 Å². The number of amides is 1. The number of hydrogen-bond acceptors (Lipinski definition) is 2. The highest BCUT2D eigenvalue weighted by molar-refractivity contribution is 5.77. The normalized spacial score (nSPS) is 32.1. The van der Waals surface area contributed by atoms with Crippen LogP contribution in [-0.2, 0) is 4.79 Å². The van der Waals surface area contributed by atoms with E-state index >= 15 is 0 Å². The van der Waals surface area contributed by atoms with Gasteiger partial charge in [-0.3, -0.25) is 4.79 Å². The molecule has 4 aliphatic carbocycles. The van der Waals surface area contributed by atoms with Gasteiger partial charge in [-0.1, -0.05) is 30.3 Å². The summed E-state index contributed by atoms with van der Waals surface area (Å²) >= 11 is 0. The summed E-state index contributed by atoms with van der Waals surface area (Å²) in [4.78, 5) is 12.9. The predicted molar refractivity (Wildman–Crippen MR) is 112 cm³/mol. The van der Waals surface area contributed by atoms with Gasteiger partial charge in [0.1, 0.15) is 0 Å². The zero-order valence-corrected chi connectivity index (χ0v) is 17.3. The van der Waals surface area contributed by atoms with Crippen molar-refractivity contribution in [2.24, 2.45) is 23.2 Å². The van der Waals surface area contributed by atoms with Crippen molar-refractivity contribution in [1.82, 2.24) is 5.32 Å². The topological polar surface area (TPSA) is 58.9 Å². The lowest BCUT2D eigenvalue weighted by Crippen LogP contribution is -2.88. The highest BCUT2D eigenvalue weighted by atomic mass is 16.3. The standard InChI is InChI=1S/C25H32N2O2/c1-17(25-13-18-10-19(14-25)12-20(11-18)15-25)27-23(28)16-26-24(22-8-5-9-29-22)21-6-3-2-4-7-21/h2-9,17-20,24,26H,10-16H2,1H3,(H,27,28)/p+1/t17-,18?,19?,20?,24+,25?/m1/s1. The minimum Gasteiger partial charge on any atom is -0.463 e. The molecule has 4 heteroatoms. The van der Waals surface area contributed by atoms with Crippen molar-refractivity contribution >= 4 is 5.91 Å². The van der Waals surface area contributed by atoms with Crippen LogP contribution in [0.4, 0.5) is 0 Å². The number of furan rings is 1. The number of nitrogens with two attached hydrogens (primary N) is 1. The summed E-state index contributed by atoms with van der Waals surface area (Å²) in [6, 6.07) is 14.5. The predicted octanol–water partition coefficient (Wildman–Crippen LogP) is 3.65. The van der Waals surface area contributed by atoms with Crippen molar-refractivity contribution < 1.29 is 14.5 Å². The molecule has 6 rings (SSSR count). The molecule has 0 unspecified atom stereocenters. The van der Waals surface area contributed by atoms with Gasteiger partial charge < -0.3 is 15.1 Å². The van der Waals surface area contributed by atoms with E-state index in [1.165, 1.54) is 38.5 Å². The average molecular weight is 394 g/mol. The van der Waals surface area contributed by atoms with Gasteiger partial charge in [-0.05, 0) is 80.8 Å². The third-order valence-electron chi connectivity index (χ3n) is 7.93. The molecule has 3 N–H and O–H groups in total. The molecule has 1 heterocycles. The van der Waals surface area contributed by atoms with E-state index in [4.69, 9.17) is 4.42 Å².